The first-order chi connectivity index (χ1) is 12.8. The number of aliphatic hydroxyl groups excluding tert-OH is 1. The highest BCUT2D eigenvalue weighted by Gasteiger charge is 2.28. The van der Waals surface area contributed by atoms with Crippen molar-refractivity contribution in [2.45, 2.75) is 6.04 Å². The van der Waals surface area contributed by atoms with Crippen molar-refractivity contribution in [3.05, 3.63) is 53.8 Å². The number of aliphatic hydroxyl groups is 1. The molecular formula is C18H19N5O2S. The van der Waals surface area contributed by atoms with Gasteiger partial charge < -0.3 is 15.3 Å². The second kappa shape index (κ2) is 7.36. The number of hydrogen-bond donors (Lipinski definition) is 2. The van der Waals surface area contributed by atoms with E-state index in [2.05, 4.69) is 15.4 Å². The van der Waals surface area contributed by atoms with Crippen molar-refractivity contribution >= 4 is 17.2 Å². The van der Waals surface area contributed by atoms with E-state index in [1.54, 1.807) is 21.2 Å². The number of carbonyl (C=O) groups is 1. The lowest BCUT2D eigenvalue weighted by molar-refractivity contribution is 0.0531. The van der Waals surface area contributed by atoms with Crippen LogP contribution >= 0.6 is 11.3 Å². The van der Waals surface area contributed by atoms with Crippen molar-refractivity contribution in [2.24, 2.45) is 0 Å². The maximum absolute atomic E-state index is 12.8. The topological polar surface area (TPSA) is 83.3 Å². The summed E-state index contributed by atoms with van der Waals surface area (Å²) in [6.45, 7) is 1.84. The summed E-state index contributed by atoms with van der Waals surface area (Å²) in [5.74, 6) is -0.136. The van der Waals surface area contributed by atoms with Gasteiger partial charge in [-0.25, -0.2) is 9.67 Å². The van der Waals surface area contributed by atoms with Crippen LogP contribution in [0.3, 0.4) is 0 Å². The molecule has 4 rings (SSSR count). The van der Waals surface area contributed by atoms with Gasteiger partial charge in [-0.05, 0) is 12.1 Å². The molecule has 3 heterocycles. The molecule has 1 fully saturated rings. The first-order valence-corrected chi connectivity index (χ1v) is 9.33. The number of aromatic nitrogens is 3. The van der Waals surface area contributed by atoms with Gasteiger partial charge in [-0.1, -0.05) is 18.2 Å². The normalized spacial score (nSPS) is 17.4. The van der Waals surface area contributed by atoms with Crippen LogP contribution in [0.15, 0.2) is 48.1 Å². The SMILES string of the molecule is O=C(c1csc(-c2cnn(-c3ccccc3)c2)n1)N1CCNCC1CO. The number of amides is 1. The Morgan fingerprint density at radius 1 is 1.35 bits per heavy atom. The van der Waals surface area contributed by atoms with Gasteiger partial charge in [0.2, 0.25) is 0 Å². The van der Waals surface area contributed by atoms with Crippen molar-refractivity contribution < 1.29 is 9.90 Å². The Hall–Kier alpha value is -2.55. The molecule has 1 saturated heterocycles. The maximum atomic E-state index is 12.8. The second-order valence-electron chi connectivity index (χ2n) is 6.09. The molecule has 1 aliphatic rings. The number of rotatable bonds is 4. The third-order valence-corrected chi connectivity index (χ3v) is 5.29. The summed E-state index contributed by atoms with van der Waals surface area (Å²) in [4.78, 5) is 19.0. The molecule has 3 aromatic rings. The van der Waals surface area contributed by atoms with E-state index in [0.29, 0.717) is 18.8 Å². The van der Waals surface area contributed by atoms with E-state index >= 15 is 0 Å². The molecular weight excluding hydrogens is 350 g/mol. The fraction of sp³-hybridized carbons (Fsp3) is 0.278. The Labute approximate surface area is 154 Å². The Kier molecular flexibility index (Phi) is 4.79. The smallest absolute Gasteiger partial charge is 0.273 e. The van der Waals surface area contributed by atoms with Crippen LogP contribution in [0.25, 0.3) is 16.3 Å². The lowest BCUT2D eigenvalue weighted by Crippen LogP contribution is -2.55. The summed E-state index contributed by atoms with van der Waals surface area (Å²) in [5.41, 5.74) is 2.26. The molecule has 134 valence electrons. The van der Waals surface area contributed by atoms with Gasteiger partial charge in [-0.2, -0.15) is 5.10 Å². The maximum Gasteiger partial charge on any atom is 0.273 e. The first kappa shape index (κ1) is 16.9. The zero-order valence-electron chi connectivity index (χ0n) is 14.1. The van der Waals surface area contributed by atoms with Gasteiger partial charge >= 0.3 is 0 Å². The van der Waals surface area contributed by atoms with E-state index in [-0.39, 0.29) is 18.6 Å². The average molecular weight is 369 g/mol. The van der Waals surface area contributed by atoms with Gasteiger partial charge in [-0.3, -0.25) is 4.79 Å². The van der Waals surface area contributed by atoms with Crippen molar-refractivity contribution in [3.8, 4) is 16.3 Å². The lowest BCUT2D eigenvalue weighted by atomic mass is 10.2. The van der Waals surface area contributed by atoms with Crippen LogP contribution in [0.2, 0.25) is 0 Å². The van der Waals surface area contributed by atoms with Crippen LogP contribution in [-0.4, -0.2) is 63.0 Å². The van der Waals surface area contributed by atoms with Crippen LogP contribution in [0.5, 0.6) is 0 Å². The number of benzene rings is 1. The number of hydrogen-bond acceptors (Lipinski definition) is 6. The minimum atomic E-state index is -0.206. The molecule has 1 amide bonds. The van der Waals surface area contributed by atoms with Crippen molar-refractivity contribution in [1.29, 1.82) is 0 Å². The quantitative estimate of drug-likeness (QED) is 0.726. The summed E-state index contributed by atoms with van der Waals surface area (Å²) < 4.78 is 1.79. The summed E-state index contributed by atoms with van der Waals surface area (Å²) in [5, 5.41) is 19.6. The molecule has 8 heteroatoms. The summed E-state index contributed by atoms with van der Waals surface area (Å²) >= 11 is 1.42. The Morgan fingerprint density at radius 3 is 3.00 bits per heavy atom. The summed E-state index contributed by atoms with van der Waals surface area (Å²) in [6.07, 6.45) is 3.66. The van der Waals surface area contributed by atoms with E-state index < -0.39 is 0 Å². The predicted molar refractivity (Wildman–Crippen MR) is 99.5 cm³/mol. The molecule has 0 saturated carbocycles. The van der Waals surface area contributed by atoms with Crippen LogP contribution < -0.4 is 5.32 Å². The molecule has 0 radical (unpaired) electrons. The van der Waals surface area contributed by atoms with Gasteiger partial charge in [0.05, 0.1) is 24.5 Å². The Bertz CT molecular complexity index is 892. The van der Waals surface area contributed by atoms with E-state index in [9.17, 15) is 9.90 Å². The highest BCUT2D eigenvalue weighted by molar-refractivity contribution is 7.13. The third-order valence-electron chi connectivity index (χ3n) is 4.40. The lowest BCUT2D eigenvalue weighted by Gasteiger charge is -2.34. The highest BCUT2D eigenvalue weighted by atomic mass is 32.1. The Balaban J connectivity index is 1.55. The highest BCUT2D eigenvalue weighted by Crippen LogP contribution is 2.25. The molecule has 26 heavy (non-hydrogen) atoms. The van der Waals surface area contributed by atoms with Crippen LogP contribution in [0.4, 0.5) is 0 Å². The summed E-state index contributed by atoms with van der Waals surface area (Å²) in [7, 11) is 0. The number of nitrogens with one attached hydrogen (secondary N) is 1. The van der Waals surface area contributed by atoms with E-state index in [1.807, 2.05) is 36.5 Å². The predicted octanol–water partition coefficient (Wildman–Crippen LogP) is 1.40. The molecule has 2 aromatic heterocycles. The largest absolute Gasteiger partial charge is 0.394 e. The fourth-order valence-electron chi connectivity index (χ4n) is 3.00. The number of para-hydroxylation sites is 1. The van der Waals surface area contributed by atoms with E-state index in [4.69, 9.17) is 0 Å². The van der Waals surface area contributed by atoms with Gasteiger partial charge in [0.25, 0.3) is 5.91 Å². The minimum Gasteiger partial charge on any atom is -0.394 e. The molecule has 2 N–H and O–H groups in total. The molecule has 0 bridgehead atoms. The van der Waals surface area contributed by atoms with Gasteiger partial charge in [0, 0.05) is 36.8 Å². The van der Waals surface area contributed by atoms with Gasteiger partial charge in [0.15, 0.2) is 0 Å². The second-order valence-corrected chi connectivity index (χ2v) is 6.94. The monoisotopic (exact) mass is 369 g/mol. The van der Waals surface area contributed by atoms with Crippen molar-refractivity contribution in [2.75, 3.05) is 26.2 Å². The van der Waals surface area contributed by atoms with E-state index in [0.717, 1.165) is 22.8 Å². The molecule has 0 spiro atoms. The van der Waals surface area contributed by atoms with Gasteiger partial charge in [0.1, 0.15) is 10.7 Å². The zero-order valence-corrected chi connectivity index (χ0v) is 14.9. The van der Waals surface area contributed by atoms with Gasteiger partial charge in [-0.15, -0.1) is 11.3 Å². The number of nitrogens with zero attached hydrogens (tertiary/aromatic N) is 4. The number of carbonyl (C=O) groups excluding carboxylic acids is 1. The third kappa shape index (κ3) is 3.26. The average Bonchev–Trinajstić information content (AvgIpc) is 3.37. The summed E-state index contributed by atoms with van der Waals surface area (Å²) in [6, 6.07) is 9.63. The molecule has 1 aromatic carbocycles. The van der Waals surface area contributed by atoms with Crippen LogP contribution in [0, 0.1) is 0 Å². The minimum absolute atomic E-state index is 0.0560. The molecule has 1 unspecified atom stereocenters. The standard InChI is InChI=1S/C18H19N5O2S/c24-11-15-9-19-6-7-22(15)18(25)16-12-26-17(21-16)13-8-20-23(10-13)14-4-2-1-3-5-14/h1-5,8,10,12,15,19,24H,6-7,9,11H2. The molecule has 1 aliphatic heterocycles. The molecule has 7 nitrogen and oxygen atoms in total. The van der Waals surface area contributed by atoms with E-state index in [1.165, 1.54) is 11.3 Å². The van der Waals surface area contributed by atoms with Crippen LogP contribution in [-0.2, 0) is 0 Å². The Morgan fingerprint density at radius 2 is 2.19 bits per heavy atom. The number of thiazole rings is 1. The van der Waals surface area contributed by atoms with Crippen molar-refractivity contribution in [3.63, 3.8) is 0 Å². The van der Waals surface area contributed by atoms with Crippen molar-refractivity contribution in [1.82, 2.24) is 25.0 Å². The first-order valence-electron chi connectivity index (χ1n) is 8.45. The number of piperazine rings is 1. The zero-order chi connectivity index (χ0) is 17.9. The molecule has 1 atom stereocenters. The van der Waals surface area contributed by atoms with Crippen LogP contribution in [0.1, 0.15) is 10.5 Å². The fourth-order valence-corrected chi connectivity index (χ4v) is 3.77. The molecule has 0 aliphatic carbocycles.